The Morgan fingerprint density at radius 1 is 1.27 bits per heavy atom. The van der Waals surface area contributed by atoms with Crippen molar-refractivity contribution in [2.45, 2.75) is 6.92 Å². The van der Waals surface area contributed by atoms with E-state index in [4.69, 9.17) is 9.47 Å². The summed E-state index contributed by atoms with van der Waals surface area (Å²) in [6.07, 6.45) is 1.85. The molecule has 0 saturated carbocycles. The summed E-state index contributed by atoms with van der Waals surface area (Å²) in [5, 5.41) is 0. The second-order valence-electron chi connectivity index (χ2n) is 5.59. The van der Waals surface area contributed by atoms with Crippen molar-refractivity contribution in [1.82, 2.24) is 9.38 Å². The van der Waals surface area contributed by atoms with Crippen LogP contribution < -0.4 is 19.6 Å². The Morgan fingerprint density at radius 3 is 2.85 bits per heavy atom. The van der Waals surface area contributed by atoms with Crippen LogP contribution in [0.2, 0.25) is 0 Å². The van der Waals surface area contributed by atoms with E-state index in [1.807, 2.05) is 49.4 Å². The van der Waals surface area contributed by atoms with E-state index in [9.17, 15) is 4.79 Å². The largest absolute Gasteiger partial charge is 0.493 e. The molecule has 132 valence electrons. The fourth-order valence-electron chi connectivity index (χ4n) is 2.84. The van der Waals surface area contributed by atoms with Gasteiger partial charge in [0.05, 0.1) is 29.3 Å². The van der Waals surface area contributed by atoms with E-state index in [-0.39, 0.29) is 5.56 Å². The van der Waals surface area contributed by atoms with Crippen molar-refractivity contribution in [1.29, 1.82) is 0 Å². The van der Waals surface area contributed by atoms with Crippen molar-refractivity contribution in [2.75, 3.05) is 13.7 Å². The zero-order chi connectivity index (χ0) is 18.3. The lowest BCUT2D eigenvalue weighted by Crippen LogP contribution is -2.22. The van der Waals surface area contributed by atoms with E-state index in [0.717, 1.165) is 21.1 Å². The van der Waals surface area contributed by atoms with Crippen LogP contribution in [-0.4, -0.2) is 23.1 Å². The third-order valence-electron chi connectivity index (χ3n) is 4.01. The number of hydrogen-bond acceptors (Lipinski definition) is 5. The highest BCUT2D eigenvalue weighted by Crippen LogP contribution is 2.34. The molecule has 0 spiro atoms. The number of nitrogens with zero attached hydrogens (tertiary/aromatic N) is 2. The summed E-state index contributed by atoms with van der Waals surface area (Å²) in [6, 6.07) is 11.4. The van der Waals surface area contributed by atoms with Crippen LogP contribution in [0.5, 0.6) is 11.5 Å². The monoisotopic (exact) mass is 430 g/mol. The van der Waals surface area contributed by atoms with Gasteiger partial charge in [-0.3, -0.25) is 4.79 Å². The van der Waals surface area contributed by atoms with Gasteiger partial charge in [-0.2, -0.15) is 0 Å². The van der Waals surface area contributed by atoms with Crippen LogP contribution in [0.4, 0.5) is 0 Å². The number of halogens is 1. The lowest BCUT2D eigenvalue weighted by Gasteiger charge is -2.11. The molecule has 0 atom stereocenters. The molecule has 0 aliphatic rings. The molecular weight excluding hydrogens is 416 g/mol. The maximum Gasteiger partial charge on any atom is 0.274 e. The second-order valence-corrected chi connectivity index (χ2v) is 7.46. The predicted molar refractivity (Wildman–Crippen MR) is 107 cm³/mol. The molecule has 2 aromatic carbocycles. The molecule has 5 nitrogen and oxygen atoms in total. The van der Waals surface area contributed by atoms with E-state index < -0.39 is 0 Å². The Balaban J connectivity index is 1.92. The minimum absolute atomic E-state index is 0.0700. The Labute approximate surface area is 161 Å². The molecule has 0 saturated heterocycles. The number of thiazole rings is 1. The van der Waals surface area contributed by atoms with Crippen LogP contribution in [0, 0.1) is 0 Å². The van der Waals surface area contributed by atoms with Gasteiger partial charge in [0.2, 0.25) is 0 Å². The van der Waals surface area contributed by atoms with Gasteiger partial charge >= 0.3 is 0 Å². The molecule has 2 aromatic heterocycles. The molecule has 26 heavy (non-hydrogen) atoms. The highest BCUT2D eigenvalue weighted by atomic mass is 79.9. The maximum atomic E-state index is 12.9. The van der Waals surface area contributed by atoms with E-state index in [2.05, 4.69) is 20.9 Å². The first-order valence-electron chi connectivity index (χ1n) is 8.04. The minimum Gasteiger partial charge on any atom is -0.493 e. The number of methoxy groups -OCH3 is 1. The average Bonchev–Trinajstić information content (AvgIpc) is 3.14. The third kappa shape index (κ3) is 2.77. The molecule has 0 fully saturated rings. The summed E-state index contributed by atoms with van der Waals surface area (Å²) in [5.74, 6) is 1.29. The van der Waals surface area contributed by atoms with Crippen LogP contribution in [0.15, 0.2) is 45.7 Å². The van der Waals surface area contributed by atoms with Gasteiger partial charge in [-0.15, -0.1) is 0 Å². The van der Waals surface area contributed by atoms with E-state index >= 15 is 0 Å². The van der Waals surface area contributed by atoms with Crippen molar-refractivity contribution < 1.29 is 9.47 Å². The predicted octanol–water partition coefficient (Wildman–Crippen LogP) is 3.63. The average molecular weight is 431 g/mol. The standard InChI is InChI=1S/C19H15BrN2O3S/c1-3-25-16-8-11(12(20)10-15(16)24-2)9-17-18(23)22-14-7-5-4-6-13(14)21-19(22)26-17/h4-10H,3H2,1-2H3/b17-9-. The summed E-state index contributed by atoms with van der Waals surface area (Å²) >= 11 is 4.92. The van der Waals surface area contributed by atoms with Gasteiger partial charge in [-0.1, -0.05) is 39.4 Å². The van der Waals surface area contributed by atoms with E-state index in [1.54, 1.807) is 11.5 Å². The number of ether oxygens (including phenoxy) is 2. The summed E-state index contributed by atoms with van der Waals surface area (Å²) in [6.45, 7) is 2.45. The number of benzene rings is 2. The number of hydrogen-bond donors (Lipinski definition) is 0. The molecule has 4 rings (SSSR count). The number of imidazole rings is 1. The smallest absolute Gasteiger partial charge is 0.274 e. The molecule has 4 aromatic rings. The zero-order valence-electron chi connectivity index (χ0n) is 14.2. The highest BCUT2D eigenvalue weighted by Gasteiger charge is 2.12. The number of aromatic nitrogens is 2. The zero-order valence-corrected chi connectivity index (χ0v) is 16.6. The van der Waals surface area contributed by atoms with Gasteiger partial charge in [-0.25, -0.2) is 9.38 Å². The van der Waals surface area contributed by atoms with Gasteiger partial charge in [-0.05, 0) is 42.8 Å². The van der Waals surface area contributed by atoms with Crippen molar-refractivity contribution in [3.63, 3.8) is 0 Å². The molecule has 7 heteroatoms. The number of fused-ring (bicyclic) bond motifs is 3. The first kappa shape index (κ1) is 17.1. The highest BCUT2D eigenvalue weighted by molar-refractivity contribution is 9.10. The fraction of sp³-hybridized carbons (Fsp3) is 0.158. The molecule has 0 aliphatic heterocycles. The SMILES string of the molecule is CCOc1cc(/C=c2\sc3nc4ccccc4n3c2=O)c(Br)cc1OC. The first-order valence-corrected chi connectivity index (χ1v) is 9.65. The molecule has 2 heterocycles. The third-order valence-corrected chi connectivity index (χ3v) is 5.67. The van der Waals surface area contributed by atoms with E-state index in [0.29, 0.717) is 27.6 Å². The van der Waals surface area contributed by atoms with Crippen molar-refractivity contribution >= 4 is 49.3 Å². The second kappa shape index (κ2) is 6.74. The Hall–Kier alpha value is -2.38. The van der Waals surface area contributed by atoms with Gasteiger partial charge < -0.3 is 9.47 Å². The fourth-order valence-corrected chi connectivity index (χ4v) is 4.26. The van der Waals surface area contributed by atoms with Gasteiger partial charge in [0, 0.05) is 4.47 Å². The van der Waals surface area contributed by atoms with Gasteiger partial charge in [0.15, 0.2) is 16.5 Å². The molecular formula is C19H15BrN2O3S. The summed E-state index contributed by atoms with van der Waals surface area (Å²) in [4.78, 5) is 18.1. The lowest BCUT2D eigenvalue weighted by atomic mass is 10.2. The Bertz CT molecular complexity index is 1230. The van der Waals surface area contributed by atoms with Crippen LogP contribution in [0.3, 0.4) is 0 Å². The van der Waals surface area contributed by atoms with Crippen LogP contribution in [0.25, 0.3) is 22.1 Å². The molecule has 0 amide bonds. The molecule has 0 bridgehead atoms. The maximum absolute atomic E-state index is 12.9. The minimum atomic E-state index is -0.0700. The normalized spacial score (nSPS) is 12.2. The molecule has 0 unspecified atom stereocenters. The topological polar surface area (TPSA) is 52.8 Å². The molecule has 0 radical (unpaired) electrons. The first-order chi connectivity index (χ1) is 12.6. The quantitative estimate of drug-likeness (QED) is 0.495. The van der Waals surface area contributed by atoms with Crippen LogP contribution in [-0.2, 0) is 0 Å². The number of rotatable bonds is 4. The molecule has 0 N–H and O–H groups in total. The summed E-state index contributed by atoms with van der Waals surface area (Å²) in [7, 11) is 1.60. The van der Waals surface area contributed by atoms with Crippen molar-refractivity contribution in [3.05, 3.63) is 61.3 Å². The van der Waals surface area contributed by atoms with Gasteiger partial charge in [0.25, 0.3) is 5.56 Å². The Kier molecular flexibility index (Phi) is 4.42. The molecule has 0 aliphatic carbocycles. The van der Waals surface area contributed by atoms with Crippen LogP contribution >= 0.6 is 27.3 Å². The van der Waals surface area contributed by atoms with Crippen molar-refractivity contribution in [3.8, 4) is 11.5 Å². The van der Waals surface area contributed by atoms with Crippen LogP contribution in [0.1, 0.15) is 12.5 Å². The Morgan fingerprint density at radius 2 is 2.08 bits per heavy atom. The van der Waals surface area contributed by atoms with Crippen molar-refractivity contribution in [2.24, 2.45) is 0 Å². The van der Waals surface area contributed by atoms with Gasteiger partial charge in [0.1, 0.15) is 0 Å². The summed E-state index contributed by atoms with van der Waals surface area (Å²) < 4.78 is 14.1. The number of para-hydroxylation sites is 2. The summed E-state index contributed by atoms with van der Waals surface area (Å²) in [5.41, 5.74) is 2.43. The van der Waals surface area contributed by atoms with E-state index in [1.165, 1.54) is 11.3 Å². The lowest BCUT2D eigenvalue weighted by molar-refractivity contribution is 0.310.